The van der Waals surface area contributed by atoms with Crippen molar-refractivity contribution in [2.24, 2.45) is 11.8 Å². The normalized spacial score (nSPS) is 30.4. The molecule has 1 aromatic carbocycles. The highest BCUT2D eigenvalue weighted by Crippen LogP contribution is 2.51. The number of benzene rings is 1. The molecule has 3 saturated carbocycles. The van der Waals surface area contributed by atoms with Gasteiger partial charge in [-0.2, -0.15) is 0 Å². The first kappa shape index (κ1) is 24.3. The van der Waals surface area contributed by atoms with E-state index < -0.39 is 5.60 Å². The molecule has 0 spiro atoms. The van der Waals surface area contributed by atoms with Crippen LogP contribution in [0.1, 0.15) is 77.7 Å². The molecule has 1 amide bonds. The van der Waals surface area contributed by atoms with Crippen molar-refractivity contribution in [2.45, 2.75) is 95.9 Å². The van der Waals surface area contributed by atoms with Crippen LogP contribution in [0.3, 0.4) is 0 Å². The highest BCUT2D eigenvalue weighted by atomic mass is 35.5. The van der Waals surface area contributed by atoms with Gasteiger partial charge in [-0.05, 0) is 63.0 Å². The Labute approximate surface area is 202 Å². The monoisotopic (exact) mass is 475 g/mol. The largest absolute Gasteiger partial charge is 0.489 e. The molecule has 1 aromatic rings. The Hall–Kier alpha value is -1.79. The van der Waals surface area contributed by atoms with Crippen molar-refractivity contribution in [1.82, 2.24) is 4.90 Å². The molecule has 3 aliphatic carbocycles. The Balaban J connectivity index is 0.00000126. The summed E-state index contributed by atoms with van der Waals surface area (Å²) in [5, 5.41) is 23.2. The number of amides is 1. The van der Waals surface area contributed by atoms with Crippen LogP contribution in [0.2, 0.25) is 5.02 Å². The third kappa shape index (κ3) is 4.74. The number of piperidine rings is 2. The number of aliphatic hydroxyl groups is 1. The molecule has 6 nitrogen and oxygen atoms in total. The lowest BCUT2D eigenvalue weighted by Crippen LogP contribution is -2.65. The highest BCUT2D eigenvalue weighted by Gasteiger charge is 2.55. The summed E-state index contributed by atoms with van der Waals surface area (Å²) in [6.45, 7) is 5.93. The van der Waals surface area contributed by atoms with Gasteiger partial charge in [0.25, 0.3) is 0 Å². The molecule has 2 saturated heterocycles. The molecule has 182 valence electrons. The second-order valence-corrected chi connectivity index (χ2v) is 10.5. The minimum absolute atomic E-state index is 0.0992. The van der Waals surface area contributed by atoms with E-state index in [1.165, 1.54) is 0 Å². The lowest BCUT2D eigenvalue weighted by Gasteiger charge is -2.59. The van der Waals surface area contributed by atoms with Crippen molar-refractivity contribution < 1.29 is 14.6 Å². The van der Waals surface area contributed by atoms with Crippen LogP contribution in [0.25, 0.3) is 0 Å². The first-order valence-electron chi connectivity index (χ1n) is 12.6. The first-order chi connectivity index (χ1) is 15.8. The summed E-state index contributed by atoms with van der Waals surface area (Å²) >= 11 is 6.67. The Morgan fingerprint density at radius 3 is 2.45 bits per heavy atom. The summed E-state index contributed by atoms with van der Waals surface area (Å²) in [6.07, 6.45) is 6.89. The van der Waals surface area contributed by atoms with Gasteiger partial charge < -0.3 is 25.5 Å². The lowest BCUT2D eigenvalue weighted by atomic mass is 9.61. The van der Waals surface area contributed by atoms with E-state index >= 15 is 0 Å². The number of carbonyl (C=O) groups excluding carboxylic acids is 1. The molecule has 6 rings (SSSR count). The standard InChI is InChI=1S/C24H32ClN3O3.C2H6/c1-13(7-20(29)28-15-8-14-9-16(28)12-24(30,10-14)11-15)23(26)21-18(27-2)5-6-19(22(21)25)31-17-3-4-17;1-2/h5-6,13-17,26-27,30H,3-4,7-12H2,1-2H3;1-2H3. The number of rotatable bonds is 7. The van der Waals surface area contributed by atoms with E-state index in [-0.39, 0.29) is 36.4 Å². The molecule has 2 aliphatic heterocycles. The van der Waals surface area contributed by atoms with E-state index in [1.807, 2.05) is 44.9 Å². The van der Waals surface area contributed by atoms with Crippen LogP contribution in [0.5, 0.6) is 5.75 Å². The zero-order valence-electron chi connectivity index (χ0n) is 20.3. The fourth-order valence-electron chi connectivity index (χ4n) is 6.19. The van der Waals surface area contributed by atoms with Gasteiger partial charge in [0.15, 0.2) is 0 Å². The number of nitrogens with one attached hydrogen (secondary N) is 2. The van der Waals surface area contributed by atoms with Gasteiger partial charge in [-0.1, -0.05) is 32.4 Å². The van der Waals surface area contributed by atoms with Crippen molar-refractivity contribution in [3.8, 4) is 5.75 Å². The quantitative estimate of drug-likeness (QED) is 0.470. The second-order valence-electron chi connectivity index (χ2n) is 10.2. The maximum absolute atomic E-state index is 13.3. The van der Waals surface area contributed by atoms with Gasteiger partial charge in [0, 0.05) is 48.4 Å². The predicted octanol–water partition coefficient (Wildman–Crippen LogP) is 5.25. The molecule has 5 aliphatic rings. The number of anilines is 1. The van der Waals surface area contributed by atoms with E-state index in [1.54, 1.807) is 0 Å². The fourth-order valence-corrected chi connectivity index (χ4v) is 6.50. The Morgan fingerprint density at radius 2 is 1.91 bits per heavy atom. The van der Waals surface area contributed by atoms with Gasteiger partial charge in [-0.25, -0.2) is 0 Å². The predicted molar refractivity (Wildman–Crippen MR) is 133 cm³/mol. The summed E-state index contributed by atoms with van der Waals surface area (Å²) in [4.78, 5) is 15.4. The maximum atomic E-state index is 13.3. The number of hydrogen-bond acceptors (Lipinski definition) is 5. The first-order valence-corrected chi connectivity index (χ1v) is 12.9. The Kier molecular flexibility index (Phi) is 6.97. The zero-order chi connectivity index (χ0) is 23.9. The molecule has 2 heterocycles. The Morgan fingerprint density at radius 1 is 1.27 bits per heavy atom. The van der Waals surface area contributed by atoms with Crippen molar-refractivity contribution >= 4 is 28.9 Å². The number of hydrogen-bond donors (Lipinski definition) is 3. The van der Waals surface area contributed by atoms with Gasteiger partial charge >= 0.3 is 0 Å². The minimum Gasteiger partial charge on any atom is -0.489 e. The van der Waals surface area contributed by atoms with Crippen molar-refractivity contribution in [2.75, 3.05) is 12.4 Å². The summed E-state index contributed by atoms with van der Waals surface area (Å²) in [7, 11) is 1.81. The number of halogens is 1. The average Bonchev–Trinajstić information content (AvgIpc) is 3.58. The second kappa shape index (κ2) is 9.46. The smallest absolute Gasteiger partial charge is 0.223 e. The SMILES string of the molecule is CC.CNc1ccc(OC2CC2)c(Cl)c1C(=N)C(C)CC(=O)N1C2CC3CC1CC(O)(C3)C2. The van der Waals surface area contributed by atoms with Gasteiger partial charge in [-0.15, -0.1) is 0 Å². The van der Waals surface area contributed by atoms with Crippen LogP contribution in [-0.4, -0.2) is 52.5 Å². The summed E-state index contributed by atoms with van der Waals surface area (Å²) in [5.41, 5.74) is 1.18. The number of carbonyl (C=O) groups is 1. The van der Waals surface area contributed by atoms with Gasteiger partial charge in [0.2, 0.25) is 5.91 Å². The van der Waals surface area contributed by atoms with Gasteiger partial charge in [-0.3, -0.25) is 4.79 Å². The summed E-state index contributed by atoms with van der Waals surface area (Å²) in [5.74, 6) is 0.990. The molecule has 0 aromatic heterocycles. The van der Waals surface area contributed by atoms with E-state index in [4.69, 9.17) is 21.7 Å². The van der Waals surface area contributed by atoms with E-state index in [9.17, 15) is 9.90 Å². The maximum Gasteiger partial charge on any atom is 0.223 e. The van der Waals surface area contributed by atoms with Crippen molar-refractivity contribution in [3.05, 3.63) is 22.7 Å². The van der Waals surface area contributed by atoms with Crippen LogP contribution in [0.15, 0.2) is 12.1 Å². The molecule has 33 heavy (non-hydrogen) atoms. The third-order valence-corrected chi connectivity index (χ3v) is 8.00. The summed E-state index contributed by atoms with van der Waals surface area (Å²) < 4.78 is 5.92. The van der Waals surface area contributed by atoms with Crippen molar-refractivity contribution in [1.29, 1.82) is 5.41 Å². The molecular formula is C26H38ClN3O3. The molecule has 0 radical (unpaired) electrons. The molecule has 7 heteroatoms. The van der Waals surface area contributed by atoms with Crippen LogP contribution in [0.4, 0.5) is 5.69 Å². The number of nitrogens with zero attached hydrogens (tertiary/aromatic N) is 1. The zero-order valence-corrected chi connectivity index (χ0v) is 21.0. The van der Waals surface area contributed by atoms with E-state index in [0.29, 0.717) is 40.8 Å². The van der Waals surface area contributed by atoms with Crippen LogP contribution in [0, 0.1) is 17.2 Å². The van der Waals surface area contributed by atoms with E-state index in [2.05, 4.69) is 5.32 Å². The summed E-state index contributed by atoms with van der Waals surface area (Å²) in [6, 6.07) is 4.04. The molecule has 3 N–H and O–H groups in total. The van der Waals surface area contributed by atoms with Crippen LogP contribution in [-0.2, 0) is 4.79 Å². The topological polar surface area (TPSA) is 85.7 Å². The Bertz CT molecular complexity index is 900. The third-order valence-electron chi connectivity index (χ3n) is 7.62. The van der Waals surface area contributed by atoms with E-state index in [0.717, 1.165) is 37.8 Å². The lowest BCUT2D eigenvalue weighted by molar-refractivity contribution is -0.175. The molecular weight excluding hydrogens is 438 g/mol. The van der Waals surface area contributed by atoms with Crippen LogP contribution >= 0.6 is 11.6 Å². The molecule has 5 fully saturated rings. The molecule has 3 unspecified atom stereocenters. The average molecular weight is 476 g/mol. The molecule has 3 atom stereocenters. The van der Waals surface area contributed by atoms with Gasteiger partial charge in [0.05, 0.1) is 16.7 Å². The highest BCUT2D eigenvalue weighted by molar-refractivity contribution is 6.36. The molecule has 4 bridgehead atoms. The minimum atomic E-state index is -0.567. The van der Waals surface area contributed by atoms with Crippen molar-refractivity contribution in [3.63, 3.8) is 0 Å². The van der Waals surface area contributed by atoms with Gasteiger partial charge in [0.1, 0.15) is 5.75 Å². The number of ether oxygens (including phenoxy) is 1. The van der Waals surface area contributed by atoms with Crippen LogP contribution < -0.4 is 10.1 Å². The fraction of sp³-hybridized carbons (Fsp3) is 0.692.